The highest BCUT2D eigenvalue weighted by Crippen LogP contribution is 2.35. The van der Waals surface area contributed by atoms with Crippen LogP contribution in [0.4, 0.5) is 0 Å². The highest BCUT2D eigenvalue weighted by Gasteiger charge is 2.33. The molecule has 0 atom stereocenters. The molecule has 160 valence electrons. The zero-order chi connectivity index (χ0) is 21.7. The maximum Gasteiger partial charge on any atom is 0.263 e. The van der Waals surface area contributed by atoms with Gasteiger partial charge in [-0.3, -0.25) is 14.4 Å². The molecular formula is C23H25N5O3. The van der Waals surface area contributed by atoms with Crippen molar-refractivity contribution in [2.24, 2.45) is 0 Å². The van der Waals surface area contributed by atoms with E-state index in [-0.39, 0.29) is 29.0 Å². The van der Waals surface area contributed by atoms with E-state index < -0.39 is 0 Å². The van der Waals surface area contributed by atoms with Gasteiger partial charge in [-0.1, -0.05) is 0 Å². The van der Waals surface area contributed by atoms with E-state index >= 15 is 0 Å². The van der Waals surface area contributed by atoms with Crippen LogP contribution in [-0.4, -0.2) is 55.7 Å². The van der Waals surface area contributed by atoms with Crippen molar-refractivity contribution in [2.75, 3.05) is 20.1 Å². The second-order valence-electron chi connectivity index (χ2n) is 8.36. The van der Waals surface area contributed by atoms with E-state index in [1.54, 1.807) is 39.9 Å². The molecule has 0 radical (unpaired) electrons. The molecule has 31 heavy (non-hydrogen) atoms. The predicted molar refractivity (Wildman–Crippen MR) is 115 cm³/mol. The first-order chi connectivity index (χ1) is 15.0. The largest absolute Gasteiger partial charge is 0.342 e. The van der Waals surface area contributed by atoms with E-state index in [9.17, 15) is 14.4 Å². The molecule has 0 N–H and O–H groups in total. The van der Waals surface area contributed by atoms with E-state index in [0.717, 1.165) is 29.6 Å². The topological polar surface area (TPSA) is 79.9 Å². The van der Waals surface area contributed by atoms with Gasteiger partial charge in [-0.25, -0.2) is 4.98 Å². The molecule has 5 rings (SSSR count). The van der Waals surface area contributed by atoms with E-state index in [0.29, 0.717) is 31.6 Å². The summed E-state index contributed by atoms with van der Waals surface area (Å²) in [6, 6.07) is 3.77. The quantitative estimate of drug-likeness (QED) is 0.649. The summed E-state index contributed by atoms with van der Waals surface area (Å²) in [5.41, 5.74) is 3.14. The molecule has 2 amide bonds. The summed E-state index contributed by atoms with van der Waals surface area (Å²) in [6.07, 6.45) is 9.56. The van der Waals surface area contributed by atoms with Crippen LogP contribution in [0.5, 0.6) is 0 Å². The van der Waals surface area contributed by atoms with Gasteiger partial charge >= 0.3 is 0 Å². The maximum absolute atomic E-state index is 13.2. The van der Waals surface area contributed by atoms with Crippen LogP contribution in [0.2, 0.25) is 0 Å². The second kappa shape index (κ2) is 7.37. The smallest absolute Gasteiger partial charge is 0.263 e. The van der Waals surface area contributed by atoms with Crippen LogP contribution in [0.15, 0.2) is 41.7 Å². The first-order valence-electron chi connectivity index (χ1n) is 10.7. The number of amides is 2. The first-order valence-corrected chi connectivity index (χ1v) is 10.7. The summed E-state index contributed by atoms with van der Waals surface area (Å²) in [4.78, 5) is 47.0. The van der Waals surface area contributed by atoms with Crippen molar-refractivity contribution in [2.45, 2.75) is 38.8 Å². The summed E-state index contributed by atoms with van der Waals surface area (Å²) in [7, 11) is 1.72. The number of carbonyl (C=O) groups excluding carboxylic acids is 2. The maximum atomic E-state index is 13.2. The van der Waals surface area contributed by atoms with Crippen molar-refractivity contribution in [3.8, 4) is 0 Å². The van der Waals surface area contributed by atoms with Crippen molar-refractivity contribution in [3.05, 3.63) is 69.5 Å². The number of hydrogen-bond donors (Lipinski definition) is 0. The number of pyridine rings is 2. The fourth-order valence-electron chi connectivity index (χ4n) is 4.26. The van der Waals surface area contributed by atoms with Crippen LogP contribution in [0.25, 0.3) is 5.65 Å². The normalized spacial score (nSPS) is 15.7. The molecule has 1 aliphatic carbocycles. The van der Waals surface area contributed by atoms with Crippen LogP contribution in [0.3, 0.4) is 0 Å². The molecule has 8 nitrogen and oxygen atoms in total. The SMILES string of the molecule is CCN(C)C(=O)c1c2c(cn(C3CC3)c1=O)CN(C(=O)c1ccc3nccn3c1)CC2. The van der Waals surface area contributed by atoms with Gasteiger partial charge in [-0.05, 0) is 49.4 Å². The summed E-state index contributed by atoms with van der Waals surface area (Å²) < 4.78 is 3.54. The number of imidazole rings is 1. The third kappa shape index (κ3) is 3.32. The van der Waals surface area contributed by atoms with Crippen molar-refractivity contribution >= 4 is 17.5 Å². The Balaban J connectivity index is 1.51. The summed E-state index contributed by atoms with van der Waals surface area (Å²) in [6.45, 7) is 3.28. The number of rotatable bonds is 4. The molecule has 1 aliphatic heterocycles. The Morgan fingerprint density at radius 3 is 2.77 bits per heavy atom. The van der Waals surface area contributed by atoms with Gasteiger partial charge in [-0.2, -0.15) is 0 Å². The molecule has 3 aromatic rings. The molecule has 0 saturated heterocycles. The highest BCUT2D eigenvalue weighted by molar-refractivity contribution is 5.96. The summed E-state index contributed by atoms with van der Waals surface area (Å²) in [5.74, 6) is -0.298. The zero-order valence-electron chi connectivity index (χ0n) is 17.7. The fraction of sp³-hybridized carbons (Fsp3) is 0.391. The Morgan fingerprint density at radius 1 is 1.23 bits per heavy atom. The minimum Gasteiger partial charge on any atom is -0.342 e. The molecule has 2 aliphatic rings. The first kappa shape index (κ1) is 19.5. The van der Waals surface area contributed by atoms with Gasteiger partial charge < -0.3 is 18.8 Å². The average Bonchev–Trinajstić information content (AvgIpc) is 3.53. The zero-order valence-corrected chi connectivity index (χ0v) is 17.7. The number of nitrogens with zero attached hydrogens (tertiary/aromatic N) is 5. The second-order valence-corrected chi connectivity index (χ2v) is 8.36. The number of fused-ring (bicyclic) bond motifs is 2. The van der Waals surface area contributed by atoms with Gasteiger partial charge in [0.15, 0.2) is 0 Å². The Morgan fingerprint density at radius 2 is 2.03 bits per heavy atom. The standard InChI is InChI=1S/C23H25N5O3/c1-3-25(2)22(30)20-18-8-10-27(13-16(18)14-28(23(20)31)17-5-6-17)21(29)15-4-7-19-24-9-11-26(19)12-15/h4,7,9,11-12,14,17H,3,5-6,8,10,13H2,1-2H3. The molecule has 3 aromatic heterocycles. The van der Waals surface area contributed by atoms with Gasteiger partial charge in [-0.15, -0.1) is 0 Å². The summed E-state index contributed by atoms with van der Waals surface area (Å²) >= 11 is 0. The van der Waals surface area contributed by atoms with Crippen LogP contribution in [0, 0.1) is 0 Å². The van der Waals surface area contributed by atoms with Crippen molar-refractivity contribution < 1.29 is 9.59 Å². The Labute approximate surface area is 179 Å². The summed E-state index contributed by atoms with van der Waals surface area (Å²) in [5, 5.41) is 0. The molecule has 0 bridgehead atoms. The minimum absolute atomic E-state index is 0.0658. The molecule has 1 saturated carbocycles. The van der Waals surface area contributed by atoms with Gasteiger partial charge in [0.25, 0.3) is 17.4 Å². The van der Waals surface area contributed by atoms with E-state index in [1.165, 1.54) is 0 Å². The monoisotopic (exact) mass is 419 g/mol. The highest BCUT2D eigenvalue weighted by atomic mass is 16.2. The lowest BCUT2D eigenvalue weighted by molar-refractivity contribution is 0.0732. The van der Waals surface area contributed by atoms with Crippen LogP contribution in [0.1, 0.15) is 57.7 Å². The Bertz CT molecular complexity index is 1250. The predicted octanol–water partition coefficient (Wildman–Crippen LogP) is 2.12. The number of aromatic nitrogens is 3. The molecule has 4 heterocycles. The van der Waals surface area contributed by atoms with E-state index in [1.807, 2.05) is 29.8 Å². The van der Waals surface area contributed by atoms with E-state index in [2.05, 4.69) is 4.98 Å². The minimum atomic E-state index is -0.232. The molecular weight excluding hydrogens is 394 g/mol. The molecule has 1 fully saturated rings. The Hall–Kier alpha value is -3.42. The van der Waals surface area contributed by atoms with Crippen LogP contribution >= 0.6 is 0 Å². The van der Waals surface area contributed by atoms with E-state index in [4.69, 9.17) is 0 Å². The number of carbonyl (C=O) groups is 2. The van der Waals surface area contributed by atoms with Crippen LogP contribution < -0.4 is 5.56 Å². The van der Waals surface area contributed by atoms with Crippen molar-refractivity contribution in [3.63, 3.8) is 0 Å². The van der Waals surface area contributed by atoms with Gasteiger partial charge in [0.05, 0.1) is 5.56 Å². The lowest BCUT2D eigenvalue weighted by Gasteiger charge is -2.31. The average molecular weight is 419 g/mol. The van der Waals surface area contributed by atoms with Crippen LogP contribution in [-0.2, 0) is 13.0 Å². The van der Waals surface area contributed by atoms with Gasteiger partial charge in [0, 0.05) is 57.5 Å². The molecule has 8 heteroatoms. The third-order valence-corrected chi connectivity index (χ3v) is 6.32. The van der Waals surface area contributed by atoms with Gasteiger partial charge in [0.2, 0.25) is 0 Å². The lowest BCUT2D eigenvalue weighted by Crippen LogP contribution is -2.41. The third-order valence-electron chi connectivity index (χ3n) is 6.32. The van der Waals surface area contributed by atoms with Crippen molar-refractivity contribution in [1.82, 2.24) is 23.8 Å². The molecule has 0 spiro atoms. The van der Waals surface area contributed by atoms with Gasteiger partial charge in [0.1, 0.15) is 11.2 Å². The fourth-order valence-corrected chi connectivity index (χ4v) is 4.26. The van der Waals surface area contributed by atoms with Crippen molar-refractivity contribution in [1.29, 1.82) is 0 Å². The molecule has 0 unspecified atom stereocenters. The number of hydrogen-bond acceptors (Lipinski definition) is 4. The molecule has 0 aromatic carbocycles. The Kier molecular flexibility index (Phi) is 4.64. The lowest BCUT2D eigenvalue weighted by atomic mass is 9.95.